The molecule has 0 aliphatic rings. The van der Waals surface area contributed by atoms with Crippen LogP contribution in [0.4, 0.5) is 0 Å². The van der Waals surface area contributed by atoms with Crippen LogP contribution in [0.3, 0.4) is 0 Å². The molecule has 3 aromatic rings. The van der Waals surface area contributed by atoms with Gasteiger partial charge in [-0.05, 0) is 74.2 Å². The molecular formula is C22H23O3PS2. The first-order valence-corrected chi connectivity index (χ1v) is 11.9. The van der Waals surface area contributed by atoms with Crippen molar-refractivity contribution in [3.05, 3.63) is 89.0 Å². The summed E-state index contributed by atoms with van der Waals surface area (Å²) in [6.07, 6.45) is 0. The van der Waals surface area contributed by atoms with E-state index in [4.69, 9.17) is 7.94 Å². The Bertz CT molecular complexity index is 946. The lowest BCUT2D eigenvalue weighted by molar-refractivity contribution is 0.446. The van der Waals surface area contributed by atoms with E-state index in [2.05, 4.69) is 0 Å². The van der Waals surface area contributed by atoms with E-state index in [0.29, 0.717) is 5.30 Å². The van der Waals surface area contributed by atoms with Crippen molar-refractivity contribution in [1.29, 1.82) is 0 Å². The summed E-state index contributed by atoms with van der Waals surface area (Å²) < 4.78 is 25.4. The molecule has 0 spiro atoms. The molecule has 0 aliphatic heterocycles. The number of benzene rings is 3. The predicted octanol–water partition coefficient (Wildman–Crippen LogP) is 7.19. The Hall–Kier alpha value is -1.49. The number of aryl methyl sites for hydroxylation is 4. The molecule has 6 heteroatoms. The zero-order valence-corrected chi connectivity index (χ0v) is 18.9. The SMILES string of the molecule is Cc1ccc(C)c(SOP(=O)(OSc2cc(C)ccc2C)c2ccccc2)c1. The van der Waals surface area contributed by atoms with Crippen molar-refractivity contribution < 1.29 is 12.5 Å². The largest absolute Gasteiger partial charge is 0.384 e. The fourth-order valence-electron chi connectivity index (χ4n) is 2.48. The Morgan fingerprint density at radius 3 is 1.61 bits per heavy atom. The lowest BCUT2D eigenvalue weighted by atomic mass is 10.2. The Labute approximate surface area is 175 Å². The average molecular weight is 431 g/mol. The quantitative estimate of drug-likeness (QED) is 0.293. The molecule has 0 N–H and O–H groups in total. The molecule has 3 rings (SSSR count). The van der Waals surface area contributed by atoms with E-state index in [1.807, 2.05) is 82.3 Å². The van der Waals surface area contributed by atoms with E-state index < -0.39 is 7.60 Å². The molecule has 28 heavy (non-hydrogen) atoms. The van der Waals surface area contributed by atoms with Crippen molar-refractivity contribution in [3.8, 4) is 0 Å². The fourth-order valence-corrected chi connectivity index (χ4v) is 6.32. The van der Waals surface area contributed by atoms with Gasteiger partial charge in [0.05, 0.1) is 5.30 Å². The normalized spacial score (nSPS) is 11.6. The van der Waals surface area contributed by atoms with Crippen LogP contribution < -0.4 is 5.30 Å². The van der Waals surface area contributed by atoms with Crippen LogP contribution >= 0.6 is 31.7 Å². The van der Waals surface area contributed by atoms with Crippen LogP contribution in [0.25, 0.3) is 0 Å². The van der Waals surface area contributed by atoms with E-state index in [9.17, 15) is 4.57 Å². The molecule has 0 radical (unpaired) electrons. The van der Waals surface area contributed by atoms with Gasteiger partial charge in [-0.25, -0.2) is 7.94 Å². The molecule has 0 aliphatic carbocycles. The van der Waals surface area contributed by atoms with E-state index in [0.717, 1.165) is 56.1 Å². The summed E-state index contributed by atoms with van der Waals surface area (Å²) in [5, 5.41) is 0.533. The third-order valence-electron chi connectivity index (χ3n) is 4.21. The fraction of sp³-hybridized carbons (Fsp3) is 0.182. The van der Waals surface area contributed by atoms with Crippen LogP contribution in [0.1, 0.15) is 22.3 Å². The summed E-state index contributed by atoms with van der Waals surface area (Å²) in [6.45, 7) is 8.05. The van der Waals surface area contributed by atoms with Gasteiger partial charge >= 0.3 is 7.60 Å². The highest BCUT2D eigenvalue weighted by Gasteiger charge is 2.30. The van der Waals surface area contributed by atoms with Crippen LogP contribution in [0, 0.1) is 27.7 Å². The first kappa shape index (κ1) is 21.2. The topological polar surface area (TPSA) is 35.5 Å². The summed E-state index contributed by atoms with van der Waals surface area (Å²) in [6, 6.07) is 21.3. The maximum Gasteiger partial charge on any atom is 0.384 e. The van der Waals surface area contributed by atoms with Gasteiger partial charge < -0.3 is 0 Å². The summed E-state index contributed by atoms with van der Waals surface area (Å²) in [7, 11) is -3.55. The van der Waals surface area contributed by atoms with E-state index in [1.54, 1.807) is 12.1 Å². The number of hydrogen-bond acceptors (Lipinski definition) is 5. The van der Waals surface area contributed by atoms with Gasteiger partial charge in [0, 0.05) is 33.9 Å². The smallest absolute Gasteiger partial charge is 0.252 e. The minimum Gasteiger partial charge on any atom is -0.252 e. The predicted molar refractivity (Wildman–Crippen MR) is 119 cm³/mol. The standard InChI is InChI=1S/C22H23O3PS2/c1-16-10-12-18(3)21(14-16)27-24-26(23,20-8-6-5-7-9-20)25-28-22-15-17(2)11-13-19(22)4/h5-15H,1-4H3. The summed E-state index contributed by atoms with van der Waals surface area (Å²) in [5.41, 5.74) is 4.38. The first-order chi connectivity index (χ1) is 13.4. The molecule has 0 bridgehead atoms. The molecule has 0 heterocycles. The summed E-state index contributed by atoms with van der Waals surface area (Å²) in [5.74, 6) is 0. The van der Waals surface area contributed by atoms with Gasteiger partial charge in [0.2, 0.25) is 0 Å². The third kappa shape index (κ3) is 5.31. The molecule has 0 fully saturated rings. The van der Waals surface area contributed by atoms with Crippen molar-refractivity contribution in [2.45, 2.75) is 37.5 Å². The van der Waals surface area contributed by atoms with Crippen molar-refractivity contribution in [3.63, 3.8) is 0 Å². The van der Waals surface area contributed by atoms with Gasteiger partial charge in [-0.3, -0.25) is 4.57 Å². The highest BCUT2D eigenvalue weighted by molar-refractivity contribution is 8.03. The van der Waals surface area contributed by atoms with Crippen LogP contribution in [-0.4, -0.2) is 0 Å². The molecule has 0 saturated heterocycles. The second-order valence-electron chi connectivity index (χ2n) is 6.69. The highest BCUT2D eigenvalue weighted by Crippen LogP contribution is 2.56. The maximum absolute atomic E-state index is 13.7. The zero-order chi connectivity index (χ0) is 20.1. The Morgan fingerprint density at radius 1 is 0.679 bits per heavy atom. The zero-order valence-electron chi connectivity index (χ0n) is 16.3. The van der Waals surface area contributed by atoms with Crippen molar-refractivity contribution >= 4 is 37.0 Å². The summed E-state index contributed by atoms with van der Waals surface area (Å²) >= 11 is 2.21. The van der Waals surface area contributed by atoms with Gasteiger partial charge in [0.1, 0.15) is 0 Å². The molecule has 146 valence electrons. The van der Waals surface area contributed by atoms with Crippen molar-refractivity contribution in [2.75, 3.05) is 0 Å². The van der Waals surface area contributed by atoms with Crippen LogP contribution in [0.2, 0.25) is 0 Å². The second kappa shape index (κ2) is 9.34. The van der Waals surface area contributed by atoms with E-state index >= 15 is 0 Å². The molecule has 0 amide bonds. The Morgan fingerprint density at radius 2 is 1.14 bits per heavy atom. The lowest BCUT2D eigenvalue weighted by Crippen LogP contribution is -2.05. The third-order valence-corrected chi connectivity index (χ3v) is 8.55. The highest BCUT2D eigenvalue weighted by atomic mass is 32.2. The van der Waals surface area contributed by atoms with Gasteiger partial charge in [0.25, 0.3) is 0 Å². The lowest BCUT2D eigenvalue weighted by Gasteiger charge is -2.18. The molecule has 3 nitrogen and oxygen atoms in total. The monoisotopic (exact) mass is 430 g/mol. The van der Waals surface area contributed by atoms with Crippen molar-refractivity contribution in [2.24, 2.45) is 0 Å². The van der Waals surface area contributed by atoms with Gasteiger partial charge in [0.15, 0.2) is 0 Å². The minimum atomic E-state index is -3.55. The molecule has 3 aromatic carbocycles. The van der Waals surface area contributed by atoms with Crippen LogP contribution in [0.5, 0.6) is 0 Å². The van der Waals surface area contributed by atoms with E-state index in [-0.39, 0.29) is 0 Å². The van der Waals surface area contributed by atoms with Gasteiger partial charge in [-0.1, -0.05) is 42.5 Å². The van der Waals surface area contributed by atoms with E-state index in [1.165, 1.54) is 0 Å². The average Bonchev–Trinajstić information content (AvgIpc) is 2.70. The number of hydrogen-bond donors (Lipinski definition) is 0. The molecule has 0 saturated carbocycles. The maximum atomic E-state index is 13.7. The number of rotatable bonds is 7. The van der Waals surface area contributed by atoms with Crippen LogP contribution in [0.15, 0.2) is 76.5 Å². The van der Waals surface area contributed by atoms with Gasteiger partial charge in [-0.2, -0.15) is 0 Å². The first-order valence-electron chi connectivity index (χ1n) is 8.90. The molecule has 0 aromatic heterocycles. The Balaban J connectivity index is 1.85. The Kier molecular flexibility index (Phi) is 7.08. The minimum absolute atomic E-state index is 0.533. The van der Waals surface area contributed by atoms with Crippen molar-refractivity contribution in [1.82, 2.24) is 0 Å². The van der Waals surface area contributed by atoms with Crippen LogP contribution in [-0.2, 0) is 12.5 Å². The molecular weight excluding hydrogens is 407 g/mol. The molecule has 0 unspecified atom stereocenters. The summed E-state index contributed by atoms with van der Waals surface area (Å²) in [4.78, 5) is 1.85. The molecule has 0 atom stereocenters. The second-order valence-corrected chi connectivity index (χ2v) is 10.6. The van der Waals surface area contributed by atoms with Gasteiger partial charge in [-0.15, -0.1) is 0 Å².